The van der Waals surface area contributed by atoms with E-state index in [9.17, 15) is 0 Å². The number of nitrogens with zero attached hydrogens (tertiary/aromatic N) is 1. The van der Waals surface area contributed by atoms with Crippen LogP contribution < -0.4 is 9.47 Å². The monoisotopic (exact) mass is 218 g/mol. The van der Waals surface area contributed by atoms with Crippen molar-refractivity contribution >= 4 is 0 Å². The number of H-pyrrole nitrogens is 1. The molecule has 0 amide bonds. The number of ether oxygens (including phenoxy) is 2. The van der Waals surface area contributed by atoms with Gasteiger partial charge >= 0.3 is 0 Å². The van der Waals surface area contributed by atoms with Gasteiger partial charge in [0.1, 0.15) is 5.75 Å². The van der Waals surface area contributed by atoms with E-state index >= 15 is 0 Å². The Kier molecular flexibility index (Phi) is 2.81. The molecule has 84 valence electrons. The van der Waals surface area contributed by atoms with Gasteiger partial charge in [0, 0.05) is 11.3 Å². The normalized spacial score (nSPS) is 10.2. The van der Waals surface area contributed by atoms with Gasteiger partial charge in [0.25, 0.3) is 6.01 Å². The summed E-state index contributed by atoms with van der Waals surface area (Å²) in [7, 11) is 3.24. The Morgan fingerprint density at radius 1 is 1.19 bits per heavy atom. The Morgan fingerprint density at radius 2 is 2.00 bits per heavy atom. The highest BCUT2D eigenvalue weighted by molar-refractivity contribution is 5.64. The number of hydrogen-bond donors (Lipinski definition) is 1. The van der Waals surface area contributed by atoms with Crippen LogP contribution in [0, 0.1) is 6.92 Å². The third kappa shape index (κ3) is 1.86. The number of hydrogen-bond acceptors (Lipinski definition) is 3. The van der Waals surface area contributed by atoms with Crippen molar-refractivity contribution in [3.8, 4) is 23.0 Å². The van der Waals surface area contributed by atoms with Crippen LogP contribution in [0.1, 0.15) is 5.69 Å². The quantitative estimate of drug-likeness (QED) is 0.860. The number of imidazole rings is 1. The van der Waals surface area contributed by atoms with Crippen LogP contribution in [0.15, 0.2) is 24.3 Å². The van der Waals surface area contributed by atoms with Gasteiger partial charge in [-0.15, -0.1) is 0 Å². The van der Waals surface area contributed by atoms with Crippen LogP contribution in [0.4, 0.5) is 0 Å². The maximum Gasteiger partial charge on any atom is 0.294 e. The highest BCUT2D eigenvalue weighted by Crippen LogP contribution is 2.26. The molecule has 0 spiro atoms. The Bertz CT molecular complexity index is 492. The van der Waals surface area contributed by atoms with Gasteiger partial charge in [-0.25, -0.2) is 0 Å². The number of nitrogens with one attached hydrogen (secondary N) is 1. The van der Waals surface area contributed by atoms with Crippen molar-refractivity contribution in [3.63, 3.8) is 0 Å². The molecule has 4 nitrogen and oxygen atoms in total. The number of rotatable bonds is 3. The third-order valence-corrected chi connectivity index (χ3v) is 2.40. The lowest BCUT2D eigenvalue weighted by Gasteiger charge is -2.02. The molecule has 0 atom stereocenters. The fraction of sp³-hybridized carbons (Fsp3) is 0.250. The highest BCUT2D eigenvalue weighted by atomic mass is 16.5. The molecule has 1 aromatic heterocycles. The summed E-state index contributed by atoms with van der Waals surface area (Å²) in [6.45, 7) is 1.96. The molecule has 1 N–H and O–H groups in total. The van der Waals surface area contributed by atoms with Gasteiger partial charge in [0.05, 0.1) is 19.9 Å². The number of methoxy groups -OCH3 is 2. The van der Waals surface area contributed by atoms with Crippen molar-refractivity contribution in [2.45, 2.75) is 6.92 Å². The number of benzene rings is 1. The van der Waals surface area contributed by atoms with Gasteiger partial charge < -0.3 is 14.5 Å². The van der Waals surface area contributed by atoms with Crippen molar-refractivity contribution in [1.82, 2.24) is 9.97 Å². The second kappa shape index (κ2) is 4.26. The summed E-state index contributed by atoms with van der Waals surface area (Å²) in [5.41, 5.74) is 2.87. The zero-order valence-corrected chi connectivity index (χ0v) is 9.57. The maximum atomic E-state index is 5.18. The fourth-order valence-electron chi connectivity index (χ4n) is 1.58. The van der Waals surface area contributed by atoms with Crippen LogP contribution in [0.2, 0.25) is 0 Å². The van der Waals surface area contributed by atoms with E-state index in [1.807, 2.05) is 31.2 Å². The Labute approximate surface area is 94.2 Å². The molecule has 0 saturated heterocycles. The van der Waals surface area contributed by atoms with Gasteiger partial charge in [0.15, 0.2) is 0 Å². The number of aryl methyl sites for hydroxylation is 1. The van der Waals surface area contributed by atoms with Crippen LogP contribution in [0.3, 0.4) is 0 Å². The van der Waals surface area contributed by atoms with Gasteiger partial charge in [-0.05, 0) is 19.1 Å². The lowest BCUT2D eigenvalue weighted by Crippen LogP contribution is -1.85. The molecule has 0 aliphatic rings. The fourth-order valence-corrected chi connectivity index (χ4v) is 1.58. The summed E-state index contributed by atoms with van der Waals surface area (Å²) in [5.74, 6) is 0.818. The molecule has 1 aromatic carbocycles. The van der Waals surface area contributed by atoms with E-state index in [1.165, 1.54) is 0 Å². The minimum atomic E-state index is 0.523. The zero-order chi connectivity index (χ0) is 11.5. The third-order valence-electron chi connectivity index (χ3n) is 2.40. The molecular weight excluding hydrogens is 204 g/mol. The first-order valence-electron chi connectivity index (χ1n) is 4.99. The van der Waals surface area contributed by atoms with Crippen molar-refractivity contribution in [2.75, 3.05) is 14.2 Å². The first-order valence-corrected chi connectivity index (χ1v) is 4.99. The van der Waals surface area contributed by atoms with Crippen molar-refractivity contribution in [2.24, 2.45) is 0 Å². The lowest BCUT2D eigenvalue weighted by molar-refractivity contribution is 0.384. The van der Waals surface area contributed by atoms with E-state index in [2.05, 4.69) is 9.97 Å². The number of aromatic amines is 1. The number of aromatic nitrogens is 2. The largest absolute Gasteiger partial charge is 0.497 e. The molecular formula is C12H14N2O2. The average Bonchev–Trinajstić information content (AvgIpc) is 2.71. The Balaban J connectivity index is 2.45. The summed E-state index contributed by atoms with van der Waals surface area (Å²) in [4.78, 5) is 7.40. The van der Waals surface area contributed by atoms with Crippen LogP contribution in [-0.2, 0) is 0 Å². The Morgan fingerprint density at radius 3 is 2.62 bits per heavy atom. The minimum Gasteiger partial charge on any atom is -0.497 e. The predicted molar refractivity (Wildman–Crippen MR) is 61.9 cm³/mol. The standard InChI is InChI=1S/C12H14N2O2/c1-8-11(14-12(13-8)16-3)9-5-4-6-10(7-9)15-2/h4-7H,1-3H3,(H,13,14). The molecule has 0 radical (unpaired) electrons. The second-order valence-corrected chi connectivity index (χ2v) is 3.45. The zero-order valence-electron chi connectivity index (χ0n) is 9.57. The predicted octanol–water partition coefficient (Wildman–Crippen LogP) is 2.40. The molecule has 2 aromatic rings. The molecule has 0 aliphatic heterocycles. The molecule has 0 unspecified atom stereocenters. The van der Waals surface area contributed by atoms with E-state index in [4.69, 9.17) is 9.47 Å². The van der Waals surface area contributed by atoms with Crippen LogP contribution in [0.25, 0.3) is 11.3 Å². The first-order chi connectivity index (χ1) is 7.74. The van der Waals surface area contributed by atoms with E-state index in [0.717, 1.165) is 22.7 Å². The maximum absolute atomic E-state index is 5.18. The summed E-state index contributed by atoms with van der Waals surface area (Å²) < 4.78 is 10.2. The molecule has 0 aliphatic carbocycles. The van der Waals surface area contributed by atoms with E-state index < -0.39 is 0 Å². The second-order valence-electron chi connectivity index (χ2n) is 3.45. The first kappa shape index (κ1) is 10.5. The van der Waals surface area contributed by atoms with E-state index in [-0.39, 0.29) is 0 Å². The molecule has 16 heavy (non-hydrogen) atoms. The summed E-state index contributed by atoms with van der Waals surface area (Å²) in [6.07, 6.45) is 0. The summed E-state index contributed by atoms with van der Waals surface area (Å²) in [6, 6.07) is 8.31. The molecule has 4 heteroatoms. The van der Waals surface area contributed by atoms with E-state index in [0.29, 0.717) is 6.01 Å². The van der Waals surface area contributed by atoms with Crippen LogP contribution >= 0.6 is 0 Å². The Hall–Kier alpha value is -1.97. The van der Waals surface area contributed by atoms with Crippen LogP contribution in [-0.4, -0.2) is 24.2 Å². The van der Waals surface area contributed by atoms with Crippen molar-refractivity contribution in [1.29, 1.82) is 0 Å². The molecule has 0 fully saturated rings. The van der Waals surface area contributed by atoms with Crippen molar-refractivity contribution in [3.05, 3.63) is 30.0 Å². The van der Waals surface area contributed by atoms with E-state index in [1.54, 1.807) is 14.2 Å². The van der Waals surface area contributed by atoms with Crippen LogP contribution in [0.5, 0.6) is 11.8 Å². The smallest absolute Gasteiger partial charge is 0.294 e. The van der Waals surface area contributed by atoms with Gasteiger partial charge in [-0.2, -0.15) is 4.98 Å². The topological polar surface area (TPSA) is 47.1 Å². The highest BCUT2D eigenvalue weighted by Gasteiger charge is 2.09. The van der Waals surface area contributed by atoms with Gasteiger partial charge in [-0.1, -0.05) is 12.1 Å². The molecule has 1 heterocycles. The van der Waals surface area contributed by atoms with Gasteiger partial charge in [-0.3, -0.25) is 0 Å². The summed E-state index contributed by atoms with van der Waals surface area (Å²) >= 11 is 0. The SMILES string of the molecule is COc1cccc(-c2nc(OC)[nH]c2C)c1. The summed E-state index contributed by atoms with van der Waals surface area (Å²) in [5, 5.41) is 0. The molecule has 0 bridgehead atoms. The molecule has 2 rings (SSSR count). The molecule has 0 saturated carbocycles. The average molecular weight is 218 g/mol. The lowest BCUT2D eigenvalue weighted by atomic mass is 10.1. The van der Waals surface area contributed by atoms with Gasteiger partial charge in [0.2, 0.25) is 0 Å². The van der Waals surface area contributed by atoms with Crippen molar-refractivity contribution < 1.29 is 9.47 Å². The minimum absolute atomic E-state index is 0.523.